The van der Waals surface area contributed by atoms with Gasteiger partial charge < -0.3 is 4.42 Å². The Morgan fingerprint density at radius 3 is 2.73 bits per heavy atom. The van der Waals surface area contributed by atoms with E-state index in [1.165, 1.54) is 12.3 Å². The van der Waals surface area contributed by atoms with E-state index in [0.29, 0.717) is 5.76 Å². The molecule has 0 aliphatic carbocycles. The first-order valence-corrected chi connectivity index (χ1v) is 4.49. The van der Waals surface area contributed by atoms with Gasteiger partial charge in [0.15, 0.2) is 0 Å². The number of furan rings is 1. The Labute approximate surface area is 90.1 Å². The average Bonchev–Trinajstić information content (AvgIpc) is 2.63. The lowest BCUT2D eigenvalue weighted by molar-refractivity contribution is -0.116. The Morgan fingerprint density at radius 1 is 1.33 bits per heavy atom. The SMILES string of the molecule is O=C1NC(=O)/C(=C/c2ccco2)C(=S)N1. The van der Waals surface area contributed by atoms with Gasteiger partial charge in [-0.1, -0.05) is 12.2 Å². The number of rotatable bonds is 1. The van der Waals surface area contributed by atoms with E-state index in [0.717, 1.165) is 0 Å². The van der Waals surface area contributed by atoms with Crippen LogP contribution in [0.15, 0.2) is 28.4 Å². The molecule has 0 spiro atoms. The Morgan fingerprint density at radius 2 is 2.13 bits per heavy atom. The second kappa shape index (κ2) is 3.66. The van der Waals surface area contributed by atoms with Gasteiger partial charge in [0.25, 0.3) is 5.91 Å². The fraction of sp³-hybridized carbons (Fsp3) is 0. The fourth-order valence-corrected chi connectivity index (χ4v) is 1.37. The highest BCUT2D eigenvalue weighted by molar-refractivity contribution is 7.81. The Bertz CT molecular complexity index is 440. The maximum atomic E-state index is 11.4. The van der Waals surface area contributed by atoms with Gasteiger partial charge in [-0.05, 0) is 18.2 Å². The summed E-state index contributed by atoms with van der Waals surface area (Å²) in [6.45, 7) is 0. The summed E-state index contributed by atoms with van der Waals surface area (Å²) in [5, 5.41) is 4.41. The molecule has 2 N–H and O–H groups in total. The summed E-state index contributed by atoms with van der Waals surface area (Å²) in [6, 6.07) is 2.76. The third-order valence-electron chi connectivity index (χ3n) is 1.77. The van der Waals surface area contributed by atoms with Crippen LogP contribution < -0.4 is 10.6 Å². The number of urea groups is 1. The van der Waals surface area contributed by atoms with Crippen molar-refractivity contribution in [3.63, 3.8) is 0 Å². The van der Waals surface area contributed by atoms with Gasteiger partial charge in [0.1, 0.15) is 10.7 Å². The number of thiocarbonyl (C=S) groups is 1. The Kier molecular flexibility index (Phi) is 2.34. The number of hydrogen-bond acceptors (Lipinski definition) is 4. The number of imide groups is 1. The predicted octanol–water partition coefficient (Wildman–Crippen LogP) is 0.830. The van der Waals surface area contributed by atoms with E-state index in [1.54, 1.807) is 12.1 Å². The van der Waals surface area contributed by atoms with Crippen LogP contribution in [0.5, 0.6) is 0 Å². The summed E-state index contributed by atoms with van der Waals surface area (Å²) in [6.07, 6.45) is 2.95. The van der Waals surface area contributed by atoms with Crippen molar-refractivity contribution in [2.24, 2.45) is 0 Å². The molecule has 6 heteroatoms. The molecule has 3 amide bonds. The lowest BCUT2D eigenvalue weighted by atomic mass is 10.2. The van der Waals surface area contributed by atoms with Crippen molar-refractivity contribution in [1.82, 2.24) is 10.6 Å². The zero-order valence-corrected chi connectivity index (χ0v) is 8.26. The van der Waals surface area contributed by atoms with Crippen LogP contribution in [-0.2, 0) is 4.79 Å². The molecule has 76 valence electrons. The van der Waals surface area contributed by atoms with E-state index in [2.05, 4.69) is 10.6 Å². The zero-order chi connectivity index (χ0) is 10.8. The van der Waals surface area contributed by atoms with Gasteiger partial charge >= 0.3 is 6.03 Å². The van der Waals surface area contributed by atoms with E-state index < -0.39 is 11.9 Å². The summed E-state index contributed by atoms with van der Waals surface area (Å²) in [7, 11) is 0. The quantitative estimate of drug-likeness (QED) is 0.545. The molecule has 0 unspecified atom stereocenters. The van der Waals surface area contributed by atoms with E-state index in [9.17, 15) is 9.59 Å². The molecule has 2 heterocycles. The first kappa shape index (κ1) is 9.60. The molecule has 0 atom stereocenters. The van der Waals surface area contributed by atoms with Gasteiger partial charge in [-0.25, -0.2) is 4.79 Å². The van der Waals surface area contributed by atoms with Gasteiger partial charge in [0.2, 0.25) is 0 Å². The second-order valence-corrected chi connectivity index (χ2v) is 3.22. The molecule has 0 radical (unpaired) electrons. The first-order valence-electron chi connectivity index (χ1n) is 4.08. The zero-order valence-electron chi connectivity index (χ0n) is 7.44. The van der Waals surface area contributed by atoms with Crippen molar-refractivity contribution in [1.29, 1.82) is 0 Å². The lowest BCUT2D eigenvalue weighted by Gasteiger charge is -2.15. The Hall–Kier alpha value is -1.95. The monoisotopic (exact) mass is 222 g/mol. The summed E-state index contributed by atoms with van der Waals surface area (Å²) < 4.78 is 5.03. The van der Waals surface area contributed by atoms with Gasteiger partial charge in [-0.2, -0.15) is 0 Å². The molecule has 15 heavy (non-hydrogen) atoms. The number of hydrogen-bond donors (Lipinski definition) is 2. The number of carbonyl (C=O) groups excluding carboxylic acids is 2. The highest BCUT2D eigenvalue weighted by Gasteiger charge is 2.24. The van der Waals surface area contributed by atoms with E-state index in [1.807, 2.05) is 0 Å². The first-order chi connectivity index (χ1) is 7.16. The summed E-state index contributed by atoms with van der Waals surface area (Å²) in [4.78, 5) is 22.3. The smallest absolute Gasteiger partial charge is 0.326 e. The van der Waals surface area contributed by atoms with Gasteiger partial charge in [-0.3, -0.25) is 15.4 Å². The molecular formula is C9H6N2O3S. The van der Waals surface area contributed by atoms with Crippen molar-refractivity contribution in [2.45, 2.75) is 0 Å². The number of nitrogens with one attached hydrogen (secondary N) is 2. The van der Waals surface area contributed by atoms with Crippen LogP contribution in [0.2, 0.25) is 0 Å². The predicted molar refractivity (Wildman–Crippen MR) is 56.0 cm³/mol. The minimum atomic E-state index is -0.610. The largest absolute Gasteiger partial charge is 0.465 e. The standard InChI is InChI=1S/C9H6N2O3S/c12-7-6(4-5-2-1-3-14-5)8(15)11-9(13)10-7/h1-4H,(H2,10,11,12,13,15)/b6-4-. The van der Waals surface area contributed by atoms with Crippen LogP contribution in [0.4, 0.5) is 4.79 Å². The minimum absolute atomic E-state index is 0.0974. The maximum Gasteiger partial charge on any atom is 0.326 e. The van der Waals surface area contributed by atoms with Crippen LogP contribution in [0.25, 0.3) is 6.08 Å². The molecule has 1 aliphatic heterocycles. The summed E-state index contributed by atoms with van der Waals surface area (Å²) in [5.74, 6) is -0.0289. The highest BCUT2D eigenvalue weighted by atomic mass is 32.1. The molecule has 1 fully saturated rings. The Balaban J connectivity index is 2.32. The third-order valence-corrected chi connectivity index (χ3v) is 2.10. The van der Waals surface area contributed by atoms with Crippen molar-refractivity contribution in [3.8, 4) is 0 Å². The topological polar surface area (TPSA) is 71.3 Å². The van der Waals surface area contributed by atoms with Crippen LogP contribution in [0.1, 0.15) is 5.76 Å². The average molecular weight is 222 g/mol. The molecule has 0 aromatic carbocycles. The number of amides is 3. The molecule has 2 rings (SSSR count). The molecule has 5 nitrogen and oxygen atoms in total. The highest BCUT2D eigenvalue weighted by Crippen LogP contribution is 2.10. The normalized spacial score (nSPS) is 18.9. The maximum absolute atomic E-state index is 11.4. The van der Waals surface area contributed by atoms with Crippen molar-refractivity contribution < 1.29 is 14.0 Å². The van der Waals surface area contributed by atoms with Crippen molar-refractivity contribution in [2.75, 3.05) is 0 Å². The second-order valence-electron chi connectivity index (χ2n) is 2.81. The van der Waals surface area contributed by atoms with Gasteiger partial charge in [0, 0.05) is 0 Å². The lowest BCUT2D eigenvalue weighted by Crippen LogP contribution is -2.50. The molecule has 0 saturated carbocycles. The van der Waals surface area contributed by atoms with Gasteiger partial charge in [0.05, 0.1) is 11.8 Å². The van der Waals surface area contributed by atoms with Crippen LogP contribution in [-0.4, -0.2) is 16.9 Å². The summed E-state index contributed by atoms with van der Waals surface area (Å²) >= 11 is 4.85. The van der Waals surface area contributed by atoms with Gasteiger partial charge in [-0.15, -0.1) is 0 Å². The molecule has 1 aliphatic rings. The van der Waals surface area contributed by atoms with E-state index in [-0.39, 0.29) is 10.6 Å². The molecule has 1 aromatic rings. The van der Waals surface area contributed by atoms with Crippen LogP contribution in [0.3, 0.4) is 0 Å². The van der Waals surface area contributed by atoms with Crippen LogP contribution in [0, 0.1) is 0 Å². The fourth-order valence-electron chi connectivity index (χ4n) is 1.12. The van der Waals surface area contributed by atoms with Crippen molar-refractivity contribution >= 4 is 35.2 Å². The minimum Gasteiger partial charge on any atom is -0.465 e. The summed E-state index contributed by atoms with van der Waals surface area (Å²) in [5.41, 5.74) is 0.208. The molecule has 1 saturated heterocycles. The molecule has 1 aromatic heterocycles. The van der Waals surface area contributed by atoms with Crippen molar-refractivity contribution in [3.05, 3.63) is 29.7 Å². The van der Waals surface area contributed by atoms with E-state index >= 15 is 0 Å². The number of carbonyl (C=O) groups is 2. The molecule has 0 bridgehead atoms. The van der Waals surface area contributed by atoms with E-state index in [4.69, 9.17) is 16.6 Å². The van der Waals surface area contributed by atoms with Crippen LogP contribution >= 0.6 is 12.2 Å². The third kappa shape index (κ3) is 1.94. The molecular weight excluding hydrogens is 216 g/mol.